The van der Waals surface area contributed by atoms with E-state index in [2.05, 4.69) is 9.88 Å². The van der Waals surface area contributed by atoms with Crippen LogP contribution in [0, 0.1) is 17.7 Å². The van der Waals surface area contributed by atoms with Crippen molar-refractivity contribution < 1.29 is 14.3 Å². The van der Waals surface area contributed by atoms with E-state index in [4.69, 9.17) is 0 Å². The Bertz CT molecular complexity index is 449. The third-order valence-electron chi connectivity index (χ3n) is 3.88. The first-order valence-electron chi connectivity index (χ1n) is 6.61. The van der Waals surface area contributed by atoms with Crippen molar-refractivity contribution in [3.63, 3.8) is 0 Å². The number of halogens is 1. The van der Waals surface area contributed by atoms with Crippen LogP contribution in [0.15, 0.2) is 18.3 Å². The molecular weight excluding hydrogens is 247 g/mol. The standard InChI is InChI=1S/C14H19FN2O2/c1-3-13(12-5-4-10(15)6-16-12)17-7-9(2)11(8-17)14(18)19/h4-6,9,11,13H,3,7-8H2,1-2H3,(H,18,19)/t9-,11-,13?/m1/s1. The maximum atomic E-state index is 12.9. The van der Waals surface area contributed by atoms with Crippen LogP contribution in [-0.2, 0) is 4.79 Å². The number of hydrogen-bond acceptors (Lipinski definition) is 3. The van der Waals surface area contributed by atoms with Gasteiger partial charge in [0.1, 0.15) is 5.82 Å². The number of carbonyl (C=O) groups is 1. The molecule has 0 aliphatic carbocycles. The summed E-state index contributed by atoms with van der Waals surface area (Å²) in [6.45, 7) is 5.28. The number of nitrogens with zero attached hydrogens (tertiary/aromatic N) is 2. The number of carboxylic acids is 1. The average Bonchev–Trinajstić information content (AvgIpc) is 2.75. The smallest absolute Gasteiger partial charge is 0.308 e. The van der Waals surface area contributed by atoms with Crippen molar-refractivity contribution in [1.29, 1.82) is 0 Å². The zero-order valence-corrected chi connectivity index (χ0v) is 11.2. The van der Waals surface area contributed by atoms with Crippen molar-refractivity contribution in [3.05, 3.63) is 29.8 Å². The van der Waals surface area contributed by atoms with Gasteiger partial charge in [0.2, 0.25) is 0 Å². The normalized spacial score (nSPS) is 25.4. The molecule has 2 heterocycles. The first-order valence-corrected chi connectivity index (χ1v) is 6.61. The number of rotatable bonds is 4. The number of aromatic nitrogens is 1. The zero-order valence-electron chi connectivity index (χ0n) is 11.2. The maximum absolute atomic E-state index is 12.9. The fraction of sp³-hybridized carbons (Fsp3) is 0.571. The van der Waals surface area contributed by atoms with E-state index >= 15 is 0 Å². The van der Waals surface area contributed by atoms with Crippen LogP contribution in [0.2, 0.25) is 0 Å². The molecule has 1 aromatic heterocycles. The lowest BCUT2D eigenvalue weighted by molar-refractivity contribution is -0.142. The minimum Gasteiger partial charge on any atom is -0.481 e. The van der Waals surface area contributed by atoms with Crippen LogP contribution in [0.5, 0.6) is 0 Å². The lowest BCUT2D eigenvalue weighted by atomic mass is 9.99. The van der Waals surface area contributed by atoms with E-state index in [1.165, 1.54) is 12.3 Å². The average molecular weight is 266 g/mol. The minimum absolute atomic E-state index is 0.0624. The van der Waals surface area contributed by atoms with Gasteiger partial charge in [-0.1, -0.05) is 13.8 Å². The van der Waals surface area contributed by atoms with Gasteiger partial charge in [-0.3, -0.25) is 14.7 Å². The summed E-state index contributed by atoms with van der Waals surface area (Å²) in [5.74, 6) is -1.28. The lowest BCUT2D eigenvalue weighted by Gasteiger charge is -2.26. The molecule has 0 spiro atoms. The van der Waals surface area contributed by atoms with Crippen LogP contribution < -0.4 is 0 Å². The topological polar surface area (TPSA) is 53.4 Å². The highest BCUT2D eigenvalue weighted by Crippen LogP contribution is 2.32. The minimum atomic E-state index is -0.739. The van der Waals surface area contributed by atoms with Crippen LogP contribution in [0.25, 0.3) is 0 Å². The van der Waals surface area contributed by atoms with Crippen molar-refractivity contribution in [2.75, 3.05) is 13.1 Å². The molecule has 0 radical (unpaired) electrons. The van der Waals surface area contributed by atoms with E-state index in [1.807, 2.05) is 13.8 Å². The second kappa shape index (κ2) is 5.65. The lowest BCUT2D eigenvalue weighted by Crippen LogP contribution is -2.28. The van der Waals surface area contributed by atoms with Crippen LogP contribution in [0.3, 0.4) is 0 Å². The Kier molecular flexibility index (Phi) is 4.14. The van der Waals surface area contributed by atoms with Crippen molar-refractivity contribution in [2.45, 2.75) is 26.3 Å². The molecule has 5 heteroatoms. The van der Waals surface area contributed by atoms with E-state index in [9.17, 15) is 14.3 Å². The van der Waals surface area contributed by atoms with Crippen LogP contribution in [-0.4, -0.2) is 34.0 Å². The molecule has 19 heavy (non-hydrogen) atoms. The van der Waals surface area contributed by atoms with Gasteiger partial charge < -0.3 is 5.11 Å². The molecule has 0 amide bonds. The molecule has 3 atom stereocenters. The van der Waals surface area contributed by atoms with Gasteiger partial charge in [-0.05, 0) is 24.5 Å². The summed E-state index contributed by atoms with van der Waals surface area (Å²) in [6, 6.07) is 3.15. The molecule has 1 unspecified atom stereocenters. The molecule has 1 N–H and O–H groups in total. The maximum Gasteiger partial charge on any atom is 0.308 e. The van der Waals surface area contributed by atoms with Crippen molar-refractivity contribution in [1.82, 2.24) is 9.88 Å². The first kappa shape index (κ1) is 13.9. The number of aliphatic carboxylic acids is 1. The Labute approximate surface area is 112 Å². The Morgan fingerprint density at radius 1 is 1.58 bits per heavy atom. The van der Waals surface area contributed by atoms with Crippen molar-refractivity contribution in [3.8, 4) is 0 Å². The summed E-state index contributed by atoms with van der Waals surface area (Å²) < 4.78 is 12.9. The SMILES string of the molecule is CCC(c1ccc(F)cn1)N1C[C@@H](C)[C@H](C(=O)O)C1. The molecule has 1 aliphatic heterocycles. The van der Waals surface area contributed by atoms with Crippen molar-refractivity contribution in [2.24, 2.45) is 11.8 Å². The van der Waals surface area contributed by atoms with Gasteiger partial charge in [0, 0.05) is 13.1 Å². The number of pyridine rings is 1. The fourth-order valence-electron chi connectivity index (χ4n) is 2.82. The third-order valence-corrected chi connectivity index (χ3v) is 3.88. The van der Waals surface area contributed by atoms with Gasteiger partial charge >= 0.3 is 5.97 Å². The molecule has 1 fully saturated rings. The summed E-state index contributed by atoms with van der Waals surface area (Å²) in [4.78, 5) is 17.4. The van der Waals surface area contributed by atoms with E-state index in [-0.39, 0.29) is 23.7 Å². The van der Waals surface area contributed by atoms with E-state index in [0.717, 1.165) is 18.7 Å². The van der Waals surface area contributed by atoms with Gasteiger partial charge in [0.15, 0.2) is 0 Å². The largest absolute Gasteiger partial charge is 0.481 e. The summed E-state index contributed by atoms with van der Waals surface area (Å²) in [5, 5.41) is 9.17. The molecule has 1 aromatic rings. The molecule has 1 aliphatic rings. The van der Waals surface area contributed by atoms with Crippen LogP contribution in [0.1, 0.15) is 32.0 Å². The highest BCUT2D eigenvalue weighted by molar-refractivity contribution is 5.71. The number of hydrogen-bond donors (Lipinski definition) is 1. The summed E-state index contributed by atoms with van der Waals surface area (Å²) in [7, 11) is 0. The van der Waals surface area contributed by atoms with Crippen LogP contribution >= 0.6 is 0 Å². The molecule has 0 aromatic carbocycles. The predicted molar refractivity (Wildman–Crippen MR) is 69.1 cm³/mol. The second-order valence-corrected chi connectivity index (χ2v) is 5.20. The summed E-state index contributed by atoms with van der Waals surface area (Å²) in [5.41, 5.74) is 0.808. The Morgan fingerprint density at radius 3 is 2.79 bits per heavy atom. The second-order valence-electron chi connectivity index (χ2n) is 5.20. The van der Waals surface area contributed by atoms with Gasteiger partial charge in [-0.25, -0.2) is 4.39 Å². The van der Waals surface area contributed by atoms with Gasteiger partial charge in [-0.2, -0.15) is 0 Å². The van der Waals surface area contributed by atoms with Gasteiger partial charge in [0.05, 0.1) is 23.9 Å². The number of carboxylic acid groups (broad SMARTS) is 1. The Morgan fingerprint density at radius 2 is 2.32 bits per heavy atom. The molecular formula is C14H19FN2O2. The highest BCUT2D eigenvalue weighted by Gasteiger charge is 2.37. The summed E-state index contributed by atoms with van der Waals surface area (Å²) in [6.07, 6.45) is 2.05. The Hall–Kier alpha value is -1.49. The fourth-order valence-corrected chi connectivity index (χ4v) is 2.82. The van der Waals surface area contributed by atoms with E-state index < -0.39 is 5.97 Å². The first-order chi connectivity index (χ1) is 9.02. The van der Waals surface area contributed by atoms with Gasteiger partial charge in [0.25, 0.3) is 0 Å². The van der Waals surface area contributed by atoms with Gasteiger partial charge in [-0.15, -0.1) is 0 Å². The summed E-state index contributed by atoms with van der Waals surface area (Å²) >= 11 is 0. The monoisotopic (exact) mass is 266 g/mol. The zero-order chi connectivity index (χ0) is 14.0. The highest BCUT2D eigenvalue weighted by atomic mass is 19.1. The quantitative estimate of drug-likeness (QED) is 0.908. The molecule has 2 rings (SSSR count). The molecule has 0 saturated carbocycles. The number of likely N-dealkylation sites (tertiary alicyclic amines) is 1. The Balaban J connectivity index is 2.15. The molecule has 104 valence electrons. The third kappa shape index (κ3) is 2.92. The molecule has 4 nitrogen and oxygen atoms in total. The van der Waals surface area contributed by atoms with Crippen molar-refractivity contribution >= 4 is 5.97 Å². The molecule has 1 saturated heterocycles. The van der Waals surface area contributed by atoms with E-state index in [0.29, 0.717) is 6.54 Å². The molecule has 0 bridgehead atoms. The predicted octanol–water partition coefficient (Wildman–Crippen LogP) is 2.32. The van der Waals surface area contributed by atoms with Crippen LogP contribution in [0.4, 0.5) is 4.39 Å². The van der Waals surface area contributed by atoms with E-state index in [1.54, 1.807) is 6.07 Å².